The van der Waals surface area contributed by atoms with Gasteiger partial charge in [-0.3, -0.25) is 0 Å². The van der Waals surface area contributed by atoms with Crippen LogP contribution in [0.25, 0.3) is 16.9 Å². The molecule has 0 fully saturated rings. The zero-order valence-electron chi connectivity index (χ0n) is 11.6. The monoisotopic (exact) mass is 302 g/mol. The predicted octanol–water partition coefficient (Wildman–Crippen LogP) is 2.80. The molecule has 3 rings (SSSR count). The van der Waals surface area contributed by atoms with E-state index in [1.54, 1.807) is 18.2 Å². The van der Waals surface area contributed by atoms with Crippen LogP contribution in [0.4, 0.5) is 14.5 Å². The third kappa shape index (κ3) is 2.48. The first-order chi connectivity index (χ1) is 10.6. The minimum atomic E-state index is -0.576. The summed E-state index contributed by atoms with van der Waals surface area (Å²) in [6, 6.07) is 8.19. The van der Waals surface area contributed by atoms with Crippen LogP contribution in [0, 0.1) is 11.6 Å². The summed E-state index contributed by atoms with van der Waals surface area (Å²) in [6.45, 7) is 0. The zero-order valence-corrected chi connectivity index (χ0v) is 11.6. The van der Waals surface area contributed by atoms with Crippen LogP contribution in [0.15, 0.2) is 42.6 Å². The van der Waals surface area contributed by atoms with E-state index in [0.717, 1.165) is 18.2 Å². The molecule has 2 aromatic carbocycles. The fourth-order valence-corrected chi connectivity index (χ4v) is 2.08. The molecule has 0 aliphatic carbocycles. The number of nitrogen functional groups attached to an aromatic ring is 1. The van der Waals surface area contributed by atoms with E-state index in [0.29, 0.717) is 17.1 Å². The van der Waals surface area contributed by atoms with Crippen LogP contribution >= 0.6 is 0 Å². The molecule has 0 saturated carbocycles. The average molecular weight is 302 g/mol. The van der Waals surface area contributed by atoms with Crippen molar-refractivity contribution in [2.75, 3.05) is 12.8 Å². The van der Waals surface area contributed by atoms with Crippen molar-refractivity contribution in [2.45, 2.75) is 0 Å². The van der Waals surface area contributed by atoms with E-state index in [2.05, 4.69) is 10.3 Å². The molecule has 0 amide bonds. The van der Waals surface area contributed by atoms with Gasteiger partial charge >= 0.3 is 0 Å². The highest BCUT2D eigenvalue weighted by Gasteiger charge is 2.13. The molecule has 0 saturated heterocycles. The second kappa shape index (κ2) is 5.44. The number of aromatic nitrogens is 3. The molecule has 5 nitrogen and oxygen atoms in total. The van der Waals surface area contributed by atoms with Crippen molar-refractivity contribution in [3.8, 4) is 22.7 Å². The lowest BCUT2D eigenvalue weighted by Crippen LogP contribution is -2.00. The third-order valence-corrected chi connectivity index (χ3v) is 3.15. The average Bonchev–Trinajstić information content (AvgIpc) is 2.99. The van der Waals surface area contributed by atoms with Gasteiger partial charge in [-0.25, -0.2) is 13.5 Å². The fraction of sp³-hybridized carbons (Fsp3) is 0.0667. The minimum Gasteiger partial charge on any atom is -0.494 e. The van der Waals surface area contributed by atoms with Crippen LogP contribution < -0.4 is 10.5 Å². The summed E-state index contributed by atoms with van der Waals surface area (Å²) in [7, 11) is 1.51. The summed E-state index contributed by atoms with van der Waals surface area (Å²) >= 11 is 0. The van der Waals surface area contributed by atoms with Crippen molar-refractivity contribution >= 4 is 5.69 Å². The highest BCUT2D eigenvalue weighted by atomic mass is 19.1. The number of anilines is 1. The van der Waals surface area contributed by atoms with Crippen molar-refractivity contribution < 1.29 is 13.5 Å². The van der Waals surface area contributed by atoms with Gasteiger partial charge in [-0.2, -0.15) is 0 Å². The Hall–Kier alpha value is -2.96. The molecule has 0 radical (unpaired) electrons. The van der Waals surface area contributed by atoms with Crippen LogP contribution in [-0.2, 0) is 0 Å². The van der Waals surface area contributed by atoms with Gasteiger partial charge in [-0.1, -0.05) is 5.21 Å². The molecule has 0 aliphatic rings. The molecule has 2 N–H and O–H groups in total. The van der Waals surface area contributed by atoms with Gasteiger partial charge in [0.25, 0.3) is 0 Å². The lowest BCUT2D eigenvalue weighted by atomic mass is 10.1. The number of benzene rings is 2. The molecular formula is C15H12F2N4O. The van der Waals surface area contributed by atoms with Gasteiger partial charge in [0.05, 0.1) is 13.3 Å². The highest BCUT2D eigenvalue weighted by Crippen LogP contribution is 2.27. The Bertz CT molecular complexity index is 832. The van der Waals surface area contributed by atoms with E-state index in [4.69, 9.17) is 10.5 Å². The van der Waals surface area contributed by atoms with Crippen molar-refractivity contribution in [3.05, 3.63) is 54.2 Å². The molecule has 0 atom stereocenters. The number of ether oxygens (including phenoxy) is 1. The van der Waals surface area contributed by atoms with E-state index in [9.17, 15) is 8.78 Å². The summed E-state index contributed by atoms with van der Waals surface area (Å²) in [5.74, 6) is -0.592. The van der Waals surface area contributed by atoms with Crippen LogP contribution in [0.1, 0.15) is 0 Å². The fourth-order valence-electron chi connectivity index (χ4n) is 2.08. The third-order valence-electron chi connectivity index (χ3n) is 3.15. The zero-order chi connectivity index (χ0) is 15.7. The summed E-state index contributed by atoms with van der Waals surface area (Å²) in [4.78, 5) is 0. The maximum atomic E-state index is 13.8. The summed E-state index contributed by atoms with van der Waals surface area (Å²) < 4.78 is 33.7. The second-order valence-electron chi connectivity index (χ2n) is 4.60. The van der Waals surface area contributed by atoms with Crippen LogP contribution in [0.3, 0.4) is 0 Å². The minimum absolute atomic E-state index is 0.0362. The molecule has 22 heavy (non-hydrogen) atoms. The van der Waals surface area contributed by atoms with E-state index in [-0.39, 0.29) is 11.3 Å². The smallest absolute Gasteiger partial charge is 0.144 e. The molecule has 1 heterocycles. The Labute approximate surface area is 124 Å². The summed E-state index contributed by atoms with van der Waals surface area (Å²) in [5.41, 5.74) is 7.07. The van der Waals surface area contributed by atoms with Gasteiger partial charge < -0.3 is 10.5 Å². The Morgan fingerprint density at radius 1 is 1.14 bits per heavy atom. The Balaban J connectivity index is 2.08. The van der Waals surface area contributed by atoms with Gasteiger partial charge in [0.2, 0.25) is 0 Å². The first-order valence-electron chi connectivity index (χ1n) is 6.40. The van der Waals surface area contributed by atoms with Crippen molar-refractivity contribution in [2.24, 2.45) is 0 Å². The molecule has 7 heteroatoms. The van der Waals surface area contributed by atoms with Crippen LogP contribution in [-0.4, -0.2) is 22.1 Å². The maximum Gasteiger partial charge on any atom is 0.144 e. The largest absolute Gasteiger partial charge is 0.494 e. The standard InChI is InChI=1S/C15H12F2N4O/c1-22-15-5-3-10(18)7-14(15)21-8-13(19-20-21)11-6-9(16)2-4-12(11)17/h2-8H,18H2,1H3. The van der Waals surface area contributed by atoms with Crippen molar-refractivity contribution in [1.82, 2.24) is 15.0 Å². The Morgan fingerprint density at radius 2 is 1.95 bits per heavy atom. The number of hydrogen-bond acceptors (Lipinski definition) is 4. The van der Waals surface area contributed by atoms with E-state index in [1.807, 2.05) is 0 Å². The van der Waals surface area contributed by atoms with Gasteiger partial charge in [0.15, 0.2) is 0 Å². The molecule has 1 aromatic heterocycles. The number of rotatable bonds is 3. The highest BCUT2D eigenvalue weighted by molar-refractivity contribution is 5.61. The van der Waals surface area contributed by atoms with Gasteiger partial charge in [-0.15, -0.1) is 5.10 Å². The Morgan fingerprint density at radius 3 is 2.73 bits per heavy atom. The summed E-state index contributed by atoms with van der Waals surface area (Å²) in [5, 5.41) is 7.81. The molecule has 112 valence electrons. The quantitative estimate of drug-likeness (QED) is 0.756. The van der Waals surface area contributed by atoms with E-state index >= 15 is 0 Å². The first kappa shape index (κ1) is 14.0. The Kier molecular flexibility index (Phi) is 3.46. The van der Waals surface area contributed by atoms with Gasteiger partial charge in [0, 0.05) is 11.3 Å². The molecule has 0 bridgehead atoms. The maximum absolute atomic E-state index is 13.8. The van der Waals surface area contributed by atoms with Crippen molar-refractivity contribution in [3.63, 3.8) is 0 Å². The van der Waals surface area contributed by atoms with E-state index in [1.165, 1.54) is 18.0 Å². The lowest BCUT2D eigenvalue weighted by Gasteiger charge is -2.08. The number of hydrogen-bond donors (Lipinski definition) is 1. The lowest BCUT2D eigenvalue weighted by molar-refractivity contribution is 0.411. The predicted molar refractivity (Wildman–Crippen MR) is 77.7 cm³/mol. The first-order valence-corrected chi connectivity index (χ1v) is 6.40. The number of nitrogens with two attached hydrogens (primary N) is 1. The van der Waals surface area contributed by atoms with Gasteiger partial charge in [-0.05, 0) is 36.4 Å². The van der Waals surface area contributed by atoms with Crippen molar-refractivity contribution in [1.29, 1.82) is 0 Å². The molecule has 0 spiro atoms. The van der Waals surface area contributed by atoms with E-state index < -0.39 is 11.6 Å². The van der Waals surface area contributed by atoms with Gasteiger partial charge in [0.1, 0.15) is 28.8 Å². The molecule has 0 aliphatic heterocycles. The molecule has 3 aromatic rings. The van der Waals surface area contributed by atoms with Crippen LogP contribution in [0.5, 0.6) is 5.75 Å². The normalized spacial score (nSPS) is 10.7. The molecule has 0 unspecified atom stereocenters. The second-order valence-corrected chi connectivity index (χ2v) is 4.60. The number of nitrogens with zero attached hydrogens (tertiary/aromatic N) is 3. The van der Waals surface area contributed by atoms with Crippen LogP contribution in [0.2, 0.25) is 0 Å². The number of halogens is 2. The number of methoxy groups -OCH3 is 1. The summed E-state index contributed by atoms with van der Waals surface area (Å²) in [6.07, 6.45) is 1.48. The topological polar surface area (TPSA) is 66.0 Å². The molecular weight excluding hydrogens is 290 g/mol. The SMILES string of the molecule is COc1ccc(N)cc1-n1cc(-c2cc(F)ccc2F)nn1.